The van der Waals surface area contributed by atoms with Crippen LogP contribution in [-0.4, -0.2) is 40.9 Å². The number of methoxy groups -OCH3 is 2. The number of ether oxygens (including phenoxy) is 2. The molecule has 1 unspecified atom stereocenters. The lowest BCUT2D eigenvalue weighted by atomic mass is 9.88. The molecule has 2 heterocycles. The van der Waals surface area contributed by atoms with Crippen LogP contribution in [0.15, 0.2) is 48.7 Å². The van der Waals surface area contributed by atoms with Crippen LogP contribution in [0.4, 0.5) is 5.69 Å². The van der Waals surface area contributed by atoms with Gasteiger partial charge in [-0.2, -0.15) is 0 Å². The molecule has 2 aromatic carbocycles. The highest BCUT2D eigenvalue weighted by Gasteiger charge is 2.35. The van der Waals surface area contributed by atoms with Gasteiger partial charge in [0.1, 0.15) is 22.8 Å². The summed E-state index contributed by atoms with van der Waals surface area (Å²) in [6.45, 7) is 0. The van der Waals surface area contributed by atoms with Gasteiger partial charge in [-0.3, -0.25) is 4.79 Å². The summed E-state index contributed by atoms with van der Waals surface area (Å²) in [6.07, 6.45) is 1.58. The number of hydrogen-bond donors (Lipinski definition) is 3. The molecule has 1 aromatic heterocycles. The van der Waals surface area contributed by atoms with Gasteiger partial charge in [0.15, 0.2) is 0 Å². The monoisotopic (exact) mass is 408 g/mol. The SMILES string of the molecule is COc1ccc(-n2cc(C(=O)O)c3c2C(c2cccc(O)c2)CC(=O)N3)c(OC)c1. The summed E-state index contributed by atoms with van der Waals surface area (Å²) < 4.78 is 12.5. The number of amides is 1. The molecule has 1 atom stereocenters. The first-order valence-electron chi connectivity index (χ1n) is 9.22. The Bertz CT molecular complexity index is 1150. The third-order valence-electron chi connectivity index (χ3n) is 5.18. The molecule has 8 heteroatoms. The molecule has 0 bridgehead atoms. The standard InChI is InChI=1S/C22H20N2O6/c1-29-14-6-7-17(18(9-14)30-2)24-11-16(22(27)28)20-21(24)15(10-19(26)23-20)12-4-3-5-13(25)8-12/h3-9,11,15,25H,10H2,1-2H3,(H,23,26)(H,27,28). The number of carboxylic acid groups (broad SMARTS) is 1. The van der Waals surface area contributed by atoms with E-state index in [0.717, 1.165) is 0 Å². The fourth-order valence-electron chi connectivity index (χ4n) is 3.83. The molecule has 3 N–H and O–H groups in total. The van der Waals surface area contributed by atoms with Crippen molar-refractivity contribution in [3.05, 3.63) is 65.5 Å². The summed E-state index contributed by atoms with van der Waals surface area (Å²) in [7, 11) is 3.06. The molecule has 0 saturated carbocycles. The maximum Gasteiger partial charge on any atom is 0.339 e. The molecule has 3 aromatic rings. The number of aromatic hydroxyl groups is 1. The number of phenolic OH excluding ortho intramolecular Hbond substituents is 1. The Morgan fingerprint density at radius 2 is 1.97 bits per heavy atom. The van der Waals surface area contributed by atoms with Gasteiger partial charge in [0.25, 0.3) is 0 Å². The zero-order chi connectivity index (χ0) is 21.4. The van der Waals surface area contributed by atoms with Crippen LogP contribution < -0.4 is 14.8 Å². The lowest BCUT2D eigenvalue weighted by Gasteiger charge is -2.26. The highest BCUT2D eigenvalue weighted by Crippen LogP contribution is 2.43. The number of aromatic carboxylic acids is 1. The van der Waals surface area contributed by atoms with E-state index in [0.29, 0.717) is 28.4 Å². The Kier molecular flexibility index (Phi) is 4.83. The van der Waals surface area contributed by atoms with E-state index in [1.165, 1.54) is 13.3 Å². The minimum atomic E-state index is -1.16. The maximum atomic E-state index is 12.4. The number of hydrogen-bond acceptors (Lipinski definition) is 5. The molecule has 4 rings (SSSR count). The molecular weight excluding hydrogens is 388 g/mol. The Labute approximate surface area is 172 Å². The first kappa shape index (κ1) is 19.4. The van der Waals surface area contributed by atoms with Crippen molar-refractivity contribution >= 4 is 17.6 Å². The van der Waals surface area contributed by atoms with Crippen molar-refractivity contribution in [1.82, 2.24) is 4.57 Å². The zero-order valence-corrected chi connectivity index (χ0v) is 16.4. The molecule has 0 radical (unpaired) electrons. The molecule has 0 spiro atoms. The van der Waals surface area contributed by atoms with Gasteiger partial charge in [0.2, 0.25) is 5.91 Å². The second-order valence-corrected chi connectivity index (χ2v) is 6.92. The van der Waals surface area contributed by atoms with Gasteiger partial charge in [0.05, 0.1) is 31.3 Å². The number of anilines is 1. The molecule has 1 amide bonds. The van der Waals surface area contributed by atoms with Crippen LogP contribution in [-0.2, 0) is 4.79 Å². The number of aromatic nitrogens is 1. The molecule has 1 aliphatic rings. The Morgan fingerprint density at radius 1 is 1.17 bits per heavy atom. The number of rotatable bonds is 5. The summed E-state index contributed by atoms with van der Waals surface area (Å²) in [5, 5.41) is 22.4. The van der Waals surface area contributed by atoms with Crippen LogP contribution in [0.25, 0.3) is 5.69 Å². The average Bonchev–Trinajstić information content (AvgIpc) is 3.12. The molecule has 30 heavy (non-hydrogen) atoms. The van der Waals surface area contributed by atoms with Crippen molar-refractivity contribution in [2.45, 2.75) is 12.3 Å². The van der Waals surface area contributed by atoms with Crippen LogP contribution in [0.5, 0.6) is 17.2 Å². The van der Waals surface area contributed by atoms with Crippen molar-refractivity contribution in [3.8, 4) is 22.9 Å². The number of carbonyl (C=O) groups is 2. The summed E-state index contributed by atoms with van der Waals surface area (Å²) in [6, 6.07) is 11.8. The first-order valence-corrected chi connectivity index (χ1v) is 9.22. The molecule has 8 nitrogen and oxygen atoms in total. The number of benzene rings is 2. The van der Waals surface area contributed by atoms with E-state index in [9.17, 15) is 19.8 Å². The third kappa shape index (κ3) is 3.22. The smallest absolute Gasteiger partial charge is 0.339 e. The van der Waals surface area contributed by atoms with Crippen LogP contribution in [0.1, 0.15) is 34.0 Å². The number of fused-ring (bicyclic) bond motifs is 1. The van der Waals surface area contributed by atoms with Crippen molar-refractivity contribution in [2.75, 3.05) is 19.5 Å². The van der Waals surface area contributed by atoms with Crippen molar-refractivity contribution in [2.24, 2.45) is 0 Å². The average molecular weight is 408 g/mol. The topological polar surface area (TPSA) is 110 Å². The van der Waals surface area contributed by atoms with E-state index in [1.807, 2.05) is 0 Å². The maximum absolute atomic E-state index is 12.4. The summed E-state index contributed by atoms with van der Waals surface area (Å²) in [5.74, 6) is -0.768. The lowest BCUT2D eigenvalue weighted by Crippen LogP contribution is -2.25. The molecule has 0 fully saturated rings. The second kappa shape index (κ2) is 7.47. The van der Waals surface area contributed by atoms with Gasteiger partial charge in [0, 0.05) is 24.6 Å². The van der Waals surface area contributed by atoms with E-state index in [1.54, 1.807) is 54.1 Å². The molecule has 0 saturated heterocycles. The zero-order valence-electron chi connectivity index (χ0n) is 16.4. The third-order valence-corrected chi connectivity index (χ3v) is 5.18. The van der Waals surface area contributed by atoms with Crippen LogP contribution in [0.3, 0.4) is 0 Å². The van der Waals surface area contributed by atoms with Gasteiger partial charge >= 0.3 is 5.97 Å². The van der Waals surface area contributed by atoms with Crippen molar-refractivity contribution in [1.29, 1.82) is 0 Å². The number of phenols is 1. The first-order chi connectivity index (χ1) is 14.4. The van der Waals surface area contributed by atoms with Crippen LogP contribution >= 0.6 is 0 Å². The quantitative estimate of drug-likeness (QED) is 0.597. The van der Waals surface area contributed by atoms with Crippen molar-refractivity contribution < 1.29 is 29.3 Å². The normalized spacial score (nSPS) is 15.3. The van der Waals surface area contributed by atoms with Gasteiger partial charge in [-0.05, 0) is 29.8 Å². The van der Waals surface area contributed by atoms with Gasteiger partial charge < -0.3 is 29.6 Å². The van der Waals surface area contributed by atoms with Gasteiger partial charge in [-0.1, -0.05) is 12.1 Å². The predicted octanol–water partition coefficient (Wildman–Crippen LogP) is 3.37. The predicted molar refractivity (Wildman–Crippen MR) is 109 cm³/mol. The molecule has 1 aliphatic heterocycles. The van der Waals surface area contributed by atoms with E-state index in [-0.39, 0.29) is 29.3 Å². The summed E-state index contributed by atoms with van der Waals surface area (Å²) in [5.41, 5.74) is 2.12. The fourth-order valence-corrected chi connectivity index (χ4v) is 3.83. The minimum absolute atomic E-state index is 0.0268. The Morgan fingerprint density at radius 3 is 2.63 bits per heavy atom. The van der Waals surface area contributed by atoms with Crippen molar-refractivity contribution in [3.63, 3.8) is 0 Å². The van der Waals surface area contributed by atoms with Gasteiger partial charge in [-0.25, -0.2) is 4.79 Å². The second-order valence-electron chi connectivity index (χ2n) is 6.92. The lowest BCUT2D eigenvalue weighted by molar-refractivity contribution is -0.116. The van der Waals surface area contributed by atoms with Crippen LogP contribution in [0.2, 0.25) is 0 Å². The summed E-state index contributed by atoms with van der Waals surface area (Å²) >= 11 is 0. The molecule has 154 valence electrons. The Balaban J connectivity index is 1.99. The number of nitrogens with zero attached hydrogens (tertiary/aromatic N) is 1. The van der Waals surface area contributed by atoms with E-state index < -0.39 is 11.9 Å². The fraction of sp³-hybridized carbons (Fsp3) is 0.182. The van der Waals surface area contributed by atoms with Gasteiger partial charge in [-0.15, -0.1) is 0 Å². The molecular formula is C22H20N2O6. The van der Waals surface area contributed by atoms with E-state index >= 15 is 0 Å². The van der Waals surface area contributed by atoms with E-state index in [4.69, 9.17) is 9.47 Å². The highest BCUT2D eigenvalue weighted by atomic mass is 16.5. The minimum Gasteiger partial charge on any atom is -0.508 e. The number of carboxylic acids is 1. The van der Waals surface area contributed by atoms with Crippen LogP contribution in [0, 0.1) is 0 Å². The molecule has 0 aliphatic carbocycles. The number of nitrogens with one attached hydrogen (secondary N) is 1. The largest absolute Gasteiger partial charge is 0.508 e. The van der Waals surface area contributed by atoms with E-state index in [2.05, 4.69) is 5.32 Å². The highest BCUT2D eigenvalue weighted by molar-refractivity contribution is 6.04. The number of carbonyl (C=O) groups excluding carboxylic acids is 1. The Hall–Kier alpha value is -3.94. The summed E-state index contributed by atoms with van der Waals surface area (Å²) in [4.78, 5) is 24.3.